The highest BCUT2D eigenvalue weighted by atomic mass is 19.4. The number of anilines is 1. The largest absolute Gasteiger partial charge is 0.475 e. The van der Waals surface area contributed by atoms with Gasteiger partial charge in [-0.15, -0.1) is 0 Å². The van der Waals surface area contributed by atoms with Gasteiger partial charge >= 0.3 is 6.18 Å². The van der Waals surface area contributed by atoms with Crippen LogP contribution >= 0.6 is 0 Å². The van der Waals surface area contributed by atoms with Crippen LogP contribution in [-0.4, -0.2) is 23.0 Å². The zero-order valence-electron chi connectivity index (χ0n) is 16.0. The summed E-state index contributed by atoms with van der Waals surface area (Å²) < 4.78 is 44.4. The van der Waals surface area contributed by atoms with Gasteiger partial charge in [0.15, 0.2) is 0 Å². The van der Waals surface area contributed by atoms with Gasteiger partial charge in [0.25, 0.3) is 0 Å². The summed E-state index contributed by atoms with van der Waals surface area (Å²) >= 11 is 0. The van der Waals surface area contributed by atoms with Crippen molar-refractivity contribution in [3.8, 4) is 5.88 Å². The van der Waals surface area contributed by atoms with Gasteiger partial charge in [-0.1, -0.05) is 18.2 Å². The lowest BCUT2D eigenvalue weighted by atomic mass is 10.1. The Morgan fingerprint density at radius 3 is 2.46 bits per heavy atom. The lowest BCUT2D eigenvalue weighted by molar-refractivity contribution is -0.137. The summed E-state index contributed by atoms with van der Waals surface area (Å²) in [4.78, 5) is 16.3. The molecule has 1 aromatic heterocycles. The van der Waals surface area contributed by atoms with Crippen molar-refractivity contribution in [1.29, 1.82) is 0 Å². The van der Waals surface area contributed by atoms with Crippen molar-refractivity contribution in [2.24, 2.45) is 0 Å². The third-order valence-corrected chi connectivity index (χ3v) is 3.81. The lowest BCUT2D eigenvalue weighted by Crippen LogP contribution is -2.30. The van der Waals surface area contributed by atoms with Crippen LogP contribution in [0.15, 0.2) is 42.6 Å². The normalized spacial score (nSPS) is 12.7. The molecule has 0 saturated carbocycles. The number of hydrogen-bond donors (Lipinski definition) is 2. The van der Waals surface area contributed by atoms with Crippen molar-refractivity contribution < 1.29 is 22.7 Å². The van der Waals surface area contributed by atoms with Crippen LogP contribution < -0.4 is 15.4 Å². The Morgan fingerprint density at radius 1 is 1.14 bits per heavy atom. The van der Waals surface area contributed by atoms with Gasteiger partial charge < -0.3 is 15.4 Å². The third kappa shape index (κ3) is 6.84. The van der Waals surface area contributed by atoms with E-state index in [0.717, 1.165) is 11.6 Å². The average Bonchev–Trinajstić information content (AvgIpc) is 2.60. The molecular formula is C20H24F3N3O2. The first-order valence-electron chi connectivity index (χ1n) is 8.96. The number of hydrogen-bond acceptors (Lipinski definition) is 4. The zero-order valence-corrected chi connectivity index (χ0v) is 16.0. The van der Waals surface area contributed by atoms with Gasteiger partial charge in [0.1, 0.15) is 0 Å². The van der Waals surface area contributed by atoms with Crippen LogP contribution in [0.1, 0.15) is 38.3 Å². The van der Waals surface area contributed by atoms with Crippen LogP contribution in [0.2, 0.25) is 0 Å². The molecule has 0 spiro atoms. The summed E-state index contributed by atoms with van der Waals surface area (Å²) in [6.07, 6.45) is -2.77. The summed E-state index contributed by atoms with van der Waals surface area (Å²) in [5, 5.41) is 5.50. The molecule has 28 heavy (non-hydrogen) atoms. The zero-order chi connectivity index (χ0) is 20.7. The van der Waals surface area contributed by atoms with Crippen molar-refractivity contribution in [2.75, 3.05) is 5.32 Å². The highest BCUT2D eigenvalue weighted by Crippen LogP contribution is 2.34. The Labute approximate surface area is 162 Å². The number of amides is 1. The molecule has 2 N–H and O–H groups in total. The van der Waals surface area contributed by atoms with E-state index >= 15 is 0 Å². The van der Waals surface area contributed by atoms with E-state index in [9.17, 15) is 18.0 Å². The van der Waals surface area contributed by atoms with Crippen LogP contribution in [0.25, 0.3) is 0 Å². The Kier molecular flexibility index (Phi) is 7.39. The first-order chi connectivity index (χ1) is 13.1. The Morgan fingerprint density at radius 2 is 1.86 bits per heavy atom. The fraction of sp³-hybridized carbons (Fsp3) is 0.400. The molecule has 2 rings (SSSR count). The standard InChI is InChI=1S/C20H24F3N3O2/c1-13(2)28-19-9-8-15(12-25-19)11-24-14(3)10-18(27)26-17-7-5-4-6-16(17)20(21,22)23/h4-9,12-14,24H,10-11H2,1-3H3,(H,26,27). The van der Waals surface area contributed by atoms with E-state index in [2.05, 4.69) is 15.6 Å². The number of aromatic nitrogens is 1. The van der Waals surface area contributed by atoms with Gasteiger partial charge in [-0.05, 0) is 38.5 Å². The number of ether oxygens (including phenoxy) is 1. The molecule has 1 amide bonds. The molecule has 0 bridgehead atoms. The number of alkyl halides is 3. The molecule has 0 aliphatic rings. The molecule has 0 aliphatic carbocycles. The smallest absolute Gasteiger partial charge is 0.418 e. The van der Waals surface area contributed by atoms with Crippen molar-refractivity contribution in [2.45, 2.75) is 52.1 Å². The van der Waals surface area contributed by atoms with E-state index < -0.39 is 17.6 Å². The van der Waals surface area contributed by atoms with Crippen LogP contribution in [0, 0.1) is 0 Å². The number of para-hydroxylation sites is 1. The lowest BCUT2D eigenvalue weighted by Gasteiger charge is -2.16. The van der Waals surface area contributed by atoms with Crippen LogP contribution in [0.3, 0.4) is 0 Å². The highest BCUT2D eigenvalue weighted by molar-refractivity contribution is 5.92. The van der Waals surface area contributed by atoms with Crippen molar-refractivity contribution in [1.82, 2.24) is 10.3 Å². The van der Waals surface area contributed by atoms with E-state index in [-0.39, 0.29) is 24.3 Å². The van der Waals surface area contributed by atoms with Crippen LogP contribution in [0.5, 0.6) is 5.88 Å². The second-order valence-corrected chi connectivity index (χ2v) is 6.75. The summed E-state index contributed by atoms with van der Waals surface area (Å²) in [6.45, 7) is 6.09. The second-order valence-electron chi connectivity index (χ2n) is 6.75. The Balaban J connectivity index is 1.85. The minimum atomic E-state index is -4.52. The number of carbonyl (C=O) groups is 1. The molecule has 2 aromatic rings. The number of nitrogens with one attached hydrogen (secondary N) is 2. The SMILES string of the molecule is CC(CC(=O)Nc1ccccc1C(F)(F)F)NCc1ccc(OC(C)C)nc1. The van der Waals surface area contributed by atoms with E-state index in [1.165, 1.54) is 18.2 Å². The monoisotopic (exact) mass is 395 g/mol. The Bertz CT molecular complexity index is 777. The fourth-order valence-corrected chi connectivity index (χ4v) is 2.51. The van der Waals surface area contributed by atoms with Crippen molar-refractivity contribution >= 4 is 11.6 Å². The van der Waals surface area contributed by atoms with E-state index in [4.69, 9.17) is 4.74 Å². The van der Waals surface area contributed by atoms with Gasteiger partial charge in [-0.25, -0.2) is 4.98 Å². The van der Waals surface area contributed by atoms with Gasteiger partial charge in [0, 0.05) is 31.3 Å². The molecule has 0 aliphatic heterocycles. The number of benzene rings is 1. The highest BCUT2D eigenvalue weighted by Gasteiger charge is 2.33. The number of halogens is 3. The van der Waals surface area contributed by atoms with Gasteiger partial charge in [0.05, 0.1) is 17.4 Å². The Hall–Kier alpha value is -2.61. The molecule has 1 aromatic carbocycles. The second kappa shape index (κ2) is 9.54. The van der Waals surface area contributed by atoms with Gasteiger partial charge in [-0.3, -0.25) is 4.79 Å². The quantitative estimate of drug-likeness (QED) is 0.696. The summed E-state index contributed by atoms with van der Waals surface area (Å²) in [5.74, 6) is 0.0463. The molecule has 8 heteroatoms. The first-order valence-corrected chi connectivity index (χ1v) is 8.96. The maximum absolute atomic E-state index is 13.0. The molecule has 152 valence electrons. The van der Waals surface area contributed by atoms with E-state index in [1.807, 2.05) is 19.9 Å². The molecule has 0 saturated heterocycles. The van der Waals surface area contributed by atoms with Crippen LogP contribution in [-0.2, 0) is 17.5 Å². The number of carbonyl (C=O) groups excluding carboxylic acids is 1. The number of nitrogens with zero attached hydrogens (tertiary/aromatic N) is 1. The molecule has 1 unspecified atom stereocenters. The number of pyridine rings is 1. The minimum absolute atomic E-state index is 0.0359. The summed E-state index contributed by atoms with van der Waals surface area (Å²) in [7, 11) is 0. The third-order valence-electron chi connectivity index (χ3n) is 3.81. The fourth-order valence-electron chi connectivity index (χ4n) is 2.51. The van der Waals surface area contributed by atoms with E-state index in [1.54, 1.807) is 19.2 Å². The maximum Gasteiger partial charge on any atom is 0.418 e. The molecule has 5 nitrogen and oxygen atoms in total. The first kappa shape index (κ1) is 21.7. The van der Waals surface area contributed by atoms with Crippen LogP contribution in [0.4, 0.5) is 18.9 Å². The predicted molar refractivity (Wildman–Crippen MR) is 101 cm³/mol. The van der Waals surface area contributed by atoms with Gasteiger partial charge in [0.2, 0.25) is 11.8 Å². The molecular weight excluding hydrogens is 371 g/mol. The maximum atomic E-state index is 13.0. The average molecular weight is 395 g/mol. The summed E-state index contributed by atoms with van der Waals surface area (Å²) in [5.41, 5.74) is -0.193. The van der Waals surface area contributed by atoms with Crippen molar-refractivity contribution in [3.05, 3.63) is 53.7 Å². The van der Waals surface area contributed by atoms with Crippen molar-refractivity contribution in [3.63, 3.8) is 0 Å². The summed E-state index contributed by atoms with van der Waals surface area (Å²) in [6, 6.07) is 8.32. The van der Waals surface area contributed by atoms with Gasteiger partial charge in [-0.2, -0.15) is 13.2 Å². The molecule has 0 fully saturated rings. The molecule has 1 atom stereocenters. The molecule has 0 radical (unpaired) electrons. The van der Waals surface area contributed by atoms with E-state index in [0.29, 0.717) is 12.4 Å². The minimum Gasteiger partial charge on any atom is -0.475 e. The number of rotatable bonds is 8. The topological polar surface area (TPSA) is 63.2 Å². The molecule has 1 heterocycles. The predicted octanol–water partition coefficient (Wildman–Crippen LogP) is 4.39.